The lowest BCUT2D eigenvalue weighted by Gasteiger charge is -2.36. The van der Waals surface area contributed by atoms with E-state index in [4.69, 9.17) is 4.42 Å². The van der Waals surface area contributed by atoms with Crippen molar-refractivity contribution < 1.29 is 9.52 Å². The van der Waals surface area contributed by atoms with Crippen molar-refractivity contribution in [1.82, 2.24) is 14.9 Å². The Kier molecular flexibility index (Phi) is 7.92. The first-order chi connectivity index (χ1) is 16.5. The third-order valence-corrected chi connectivity index (χ3v) is 6.76. The summed E-state index contributed by atoms with van der Waals surface area (Å²) in [7, 11) is 0. The molecule has 5 rings (SSSR count). The second-order valence-corrected chi connectivity index (χ2v) is 9.81. The topological polar surface area (TPSA) is 82.7 Å². The van der Waals surface area contributed by atoms with Crippen LogP contribution >= 0.6 is 11.3 Å². The number of benzene rings is 1. The number of pyridine rings is 1. The minimum Gasteiger partial charge on any atom is -0.403 e. The molecule has 4 aromatic rings. The van der Waals surface area contributed by atoms with E-state index in [1.807, 2.05) is 42.5 Å². The molecule has 0 spiro atoms. The third-order valence-electron chi connectivity index (χ3n) is 5.69. The fourth-order valence-electron chi connectivity index (χ4n) is 3.96. The number of aliphatic hydroxyl groups excluding tert-OH is 1. The Hall–Kier alpha value is -2.81. The molecule has 1 atom stereocenters. The standard InChI is InChI=1S/C23H24N4O3S.C3H8/c1-15(14-28)13-26-8-10-27(11-9-26)20-7-6-16-12-17(23(29)30-21(16)25-20)22-24-18-4-2-3-5-19(18)31-22;1-3-2/h2-7,12,15,28H,8-11,13-14H2,1H3;3H2,1-2H3. The lowest BCUT2D eigenvalue weighted by Crippen LogP contribution is -2.48. The van der Waals surface area contributed by atoms with Crippen molar-refractivity contribution in [2.45, 2.75) is 27.2 Å². The number of nitrogens with zero attached hydrogens (tertiary/aromatic N) is 4. The number of para-hydroxylation sites is 1. The molecule has 1 aliphatic rings. The maximum atomic E-state index is 12.7. The van der Waals surface area contributed by atoms with E-state index in [1.165, 1.54) is 17.8 Å². The van der Waals surface area contributed by atoms with Gasteiger partial charge in [0.25, 0.3) is 0 Å². The Bertz CT molecular complexity index is 1260. The van der Waals surface area contributed by atoms with Gasteiger partial charge in [0.1, 0.15) is 10.8 Å². The number of piperazine rings is 1. The molecule has 8 heteroatoms. The van der Waals surface area contributed by atoms with E-state index < -0.39 is 5.63 Å². The average Bonchev–Trinajstić information content (AvgIpc) is 3.28. The largest absolute Gasteiger partial charge is 0.403 e. The van der Waals surface area contributed by atoms with Gasteiger partial charge in [-0.2, -0.15) is 4.98 Å². The zero-order chi connectivity index (χ0) is 24.1. The Balaban J connectivity index is 0.000000868. The van der Waals surface area contributed by atoms with Gasteiger partial charge >= 0.3 is 5.63 Å². The molecule has 0 aliphatic carbocycles. The highest BCUT2D eigenvalue weighted by atomic mass is 32.1. The van der Waals surface area contributed by atoms with Crippen molar-refractivity contribution in [2.75, 3.05) is 44.2 Å². The van der Waals surface area contributed by atoms with Crippen LogP contribution in [0.4, 0.5) is 5.82 Å². The monoisotopic (exact) mass is 480 g/mol. The molecular formula is C26H32N4O3S. The van der Waals surface area contributed by atoms with Gasteiger partial charge in [-0.1, -0.05) is 39.3 Å². The summed E-state index contributed by atoms with van der Waals surface area (Å²) in [5.41, 5.74) is 1.28. The zero-order valence-electron chi connectivity index (χ0n) is 20.0. The number of aromatic nitrogens is 2. The maximum Gasteiger partial charge on any atom is 0.347 e. The number of fused-ring (bicyclic) bond motifs is 2. The molecule has 1 aliphatic heterocycles. The van der Waals surface area contributed by atoms with E-state index in [2.05, 4.69) is 40.5 Å². The van der Waals surface area contributed by atoms with Gasteiger partial charge in [0.15, 0.2) is 0 Å². The summed E-state index contributed by atoms with van der Waals surface area (Å²) >= 11 is 1.48. The second-order valence-electron chi connectivity index (χ2n) is 8.78. The fourth-order valence-corrected chi connectivity index (χ4v) is 4.93. The second kappa shape index (κ2) is 11.1. The summed E-state index contributed by atoms with van der Waals surface area (Å²) in [5.74, 6) is 1.10. The van der Waals surface area contributed by atoms with Crippen molar-refractivity contribution in [3.63, 3.8) is 0 Å². The van der Waals surface area contributed by atoms with Crippen LogP contribution < -0.4 is 10.5 Å². The van der Waals surface area contributed by atoms with Gasteiger partial charge in [0, 0.05) is 44.7 Å². The van der Waals surface area contributed by atoms with Crippen LogP contribution in [0.25, 0.3) is 31.9 Å². The molecule has 1 aromatic carbocycles. The Morgan fingerprint density at radius 3 is 2.53 bits per heavy atom. The molecule has 0 amide bonds. The van der Waals surface area contributed by atoms with Gasteiger partial charge in [-0.05, 0) is 36.2 Å². The molecule has 3 aromatic heterocycles. The molecule has 34 heavy (non-hydrogen) atoms. The van der Waals surface area contributed by atoms with Crippen molar-refractivity contribution in [2.24, 2.45) is 5.92 Å². The van der Waals surface area contributed by atoms with Crippen molar-refractivity contribution in [3.05, 3.63) is 52.9 Å². The highest BCUT2D eigenvalue weighted by Crippen LogP contribution is 2.30. The highest BCUT2D eigenvalue weighted by Gasteiger charge is 2.20. The smallest absolute Gasteiger partial charge is 0.347 e. The molecule has 1 saturated heterocycles. The van der Waals surface area contributed by atoms with Crippen molar-refractivity contribution >= 4 is 38.5 Å². The molecule has 180 valence electrons. The number of hydrogen-bond acceptors (Lipinski definition) is 8. The normalized spacial score (nSPS) is 15.4. The summed E-state index contributed by atoms with van der Waals surface area (Å²) in [6.45, 7) is 11.0. The average molecular weight is 481 g/mol. The van der Waals surface area contributed by atoms with E-state index in [9.17, 15) is 9.90 Å². The Morgan fingerprint density at radius 1 is 1.09 bits per heavy atom. The van der Waals surface area contributed by atoms with E-state index in [1.54, 1.807) is 0 Å². The summed E-state index contributed by atoms with van der Waals surface area (Å²) in [5, 5.41) is 10.7. The molecule has 1 fully saturated rings. The van der Waals surface area contributed by atoms with E-state index in [0.717, 1.165) is 54.1 Å². The number of hydrogen-bond donors (Lipinski definition) is 1. The molecule has 0 bridgehead atoms. The first-order valence-electron chi connectivity index (χ1n) is 11.9. The molecule has 1 unspecified atom stereocenters. The van der Waals surface area contributed by atoms with Crippen molar-refractivity contribution in [1.29, 1.82) is 0 Å². The number of anilines is 1. The van der Waals surface area contributed by atoms with Gasteiger partial charge in [0.2, 0.25) is 5.71 Å². The third kappa shape index (κ3) is 5.46. The van der Waals surface area contributed by atoms with Crippen LogP contribution in [0, 0.1) is 5.92 Å². The Morgan fingerprint density at radius 2 is 1.82 bits per heavy atom. The van der Waals surface area contributed by atoms with Gasteiger partial charge in [-0.25, -0.2) is 9.78 Å². The van der Waals surface area contributed by atoms with Gasteiger partial charge < -0.3 is 14.4 Å². The van der Waals surface area contributed by atoms with Crippen LogP contribution in [0.15, 0.2) is 51.7 Å². The summed E-state index contributed by atoms with van der Waals surface area (Å²) in [6, 6.07) is 13.6. The predicted molar refractivity (Wildman–Crippen MR) is 140 cm³/mol. The SMILES string of the molecule is CC(CO)CN1CCN(c2ccc3cc(-c4nc5ccccc5s4)c(=O)oc3n2)CC1.CCC. The maximum absolute atomic E-state index is 12.7. The van der Waals surface area contributed by atoms with E-state index >= 15 is 0 Å². The van der Waals surface area contributed by atoms with E-state index in [0.29, 0.717) is 16.3 Å². The minimum atomic E-state index is -0.418. The first kappa shape index (κ1) is 24.3. The lowest BCUT2D eigenvalue weighted by atomic mass is 10.1. The predicted octanol–water partition coefficient (Wildman–Crippen LogP) is 4.63. The Labute approximate surface area is 203 Å². The van der Waals surface area contributed by atoms with Crippen LogP contribution in [0.1, 0.15) is 27.2 Å². The number of thiazole rings is 1. The summed E-state index contributed by atoms with van der Waals surface area (Å²) in [4.78, 5) is 26.5. The van der Waals surface area contributed by atoms with Crippen molar-refractivity contribution in [3.8, 4) is 10.6 Å². The van der Waals surface area contributed by atoms with Gasteiger partial charge in [-0.3, -0.25) is 4.90 Å². The molecule has 7 nitrogen and oxygen atoms in total. The summed E-state index contributed by atoms with van der Waals surface area (Å²) < 4.78 is 6.64. The van der Waals surface area contributed by atoms with Crippen LogP contribution in [-0.2, 0) is 0 Å². The quantitative estimate of drug-likeness (QED) is 0.446. The highest BCUT2D eigenvalue weighted by molar-refractivity contribution is 7.21. The number of aliphatic hydroxyl groups is 1. The van der Waals surface area contributed by atoms with Crippen LogP contribution in [0.2, 0.25) is 0 Å². The van der Waals surface area contributed by atoms with Crippen LogP contribution in [-0.4, -0.2) is 59.3 Å². The first-order valence-corrected chi connectivity index (χ1v) is 12.7. The number of rotatable bonds is 5. The summed E-state index contributed by atoms with van der Waals surface area (Å²) in [6.07, 6.45) is 1.25. The minimum absolute atomic E-state index is 0.213. The van der Waals surface area contributed by atoms with E-state index in [-0.39, 0.29) is 12.5 Å². The fraction of sp³-hybridized carbons (Fsp3) is 0.423. The lowest BCUT2D eigenvalue weighted by molar-refractivity contribution is 0.167. The van der Waals surface area contributed by atoms with Gasteiger partial charge in [-0.15, -0.1) is 11.3 Å². The molecular weight excluding hydrogens is 448 g/mol. The molecule has 4 heterocycles. The van der Waals surface area contributed by atoms with Gasteiger partial charge in [0.05, 0.1) is 15.8 Å². The molecule has 0 saturated carbocycles. The van der Waals surface area contributed by atoms with Crippen LogP contribution in [0.3, 0.4) is 0 Å². The zero-order valence-corrected chi connectivity index (χ0v) is 20.8. The van der Waals surface area contributed by atoms with Crippen LogP contribution in [0.5, 0.6) is 0 Å². The molecule has 0 radical (unpaired) electrons. The molecule has 1 N–H and O–H groups in total.